The van der Waals surface area contributed by atoms with E-state index >= 15 is 0 Å². The van der Waals surface area contributed by atoms with E-state index in [0.717, 1.165) is 5.56 Å². The molecule has 0 aliphatic rings. The molecule has 1 unspecified atom stereocenters. The van der Waals surface area contributed by atoms with Crippen LogP contribution in [0, 0.1) is 6.92 Å². The fraction of sp³-hybridized carbons (Fsp3) is 0.133. The molecular weight excluding hydrogens is 322 g/mol. The van der Waals surface area contributed by atoms with Crippen LogP contribution >= 0.6 is 11.3 Å². The maximum Gasteiger partial charge on any atom is 0.332 e. The van der Waals surface area contributed by atoms with Crippen molar-refractivity contribution < 1.29 is 18.3 Å². The predicted molar refractivity (Wildman–Crippen MR) is 85.3 cm³/mol. The van der Waals surface area contributed by atoms with Gasteiger partial charge in [0, 0.05) is 4.88 Å². The molecule has 0 fully saturated rings. The van der Waals surface area contributed by atoms with Gasteiger partial charge in [-0.3, -0.25) is 0 Å². The van der Waals surface area contributed by atoms with Crippen LogP contribution in [0.4, 0.5) is 0 Å². The summed E-state index contributed by atoms with van der Waals surface area (Å²) in [6.07, 6.45) is 0. The SMILES string of the molecule is C=C(C(=O)O)C(NS(=O)(=O)c1ccc(C)cc1)c1cccs1. The van der Waals surface area contributed by atoms with Crippen LogP contribution in [0.2, 0.25) is 0 Å². The summed E-state index contributed by atoms with van der Waals surface area (Å²) in [6.45, 7) is 5.33. The van der Waals surface area contributed by atoms with Crippen LogP contribution in [0.1, 0.15) is 16.5 Å². The summed E-state index contributed by atoms with van der Waals surface area (Å²) in [5.41, 5.74) is 0.710. The van der Waals surface area contributed by atoms with Crippen molar-refractivity contribution in [1.29, 1.82) is 0 Å². The maximum absolute atomic E-state index is 12.4. The topological polar surface area (TPSA) is 83.5 Å². The Morgan fingerprint density at radius 2 is 1.91 bits per heavy atom. The lowest BCUT2D eigenvalue weighted by atomic mass is 10.1. The van der Waals surface area contributed by atoms with E-state index in [1.54, 1.807) is 29.6 Å². The van der Waals surface area contributed by atoms with Crippen molar-refractivity contribution in [2.75, 3.05) is 0 Å². The number of hydrogen-bond acceptors (Lipinski definition) is 4. The standard InChI is InChI=1S/C15H15NO4S2/c1-10-5-7-12(8-6-10)22(19,20)16-14(11(2)15(17)18)13-4-3-9-21-13/h3-9,14,16H,2H2,1H3,(H,17,18). The maximum atomic E-state index is 12.4. The second-order valence-corrected chi connectivity index (χ2v) is 7.41. The summed E-state index contributed by atoms with van der Waals surface area (Å²) < 4.78 is 27.3. The normalized spacial score (nSPS) is 12.8. The Bertz CT molecular complexity index is 777. The minimum absolute atomic E-state index is 0.0813. The average molecular weight is 337 g/mol. The summed E-state index contributed by atoms with van der Waals surface area (Å²) in [5.74, 6) is -1.25. The Labute approximate surface area is 133 Å². The zero-order chi connectivity index (χ0) is 16.3. The van der Waals surface area contributed by atoms with Crippen LogP contribution in [-0.4, -0.2) is 19.5 Å². The van der Waals surface area contributed by atoms with Gasteiger partial charge in [-0.25, -0.2) is 13.2 Å². The van der Waals surface area contributed by atoms with Gasteiger partial charge in [0.2, 0.25) is 10.0 Å². The number of benzene rings is 1. The molecule has 2 N–H and O–H groups in total. The number of hydrogen-bond donors (Lipinski definition) is 2. The molecule has 2 aromatic rings. The van der Waals surface area contributed by atoms with Crippen molar-refractivity contribution in [3.8, 4) is 0 Å². The molecule has 0 spiro atoms. The zero-order valence-electron chi connectivity index (χ0n) is 11.8. The summed E-state index contributed by atoms with van der Waals surface area (Å²) in [7, 11) is -3.85. The molecular formula is C15H15NO4S2. The molecule has 0 saturated heterocycles. The second-order valence-electron chi connectivity index (χ2n) is 4.71. The number of rotatable bonds is 6. The van der Waals surface area contributed by atoms with E-state index in [9.17, 15) is 13.2 Å². The Balaban J connectivity index is 2.36. The molecule has 1 aromatic carbocycles. The van der Waals surface area contributed by atoms with Crippen molar-refractivity contribution in [2.45, 2.75) is 17.9 Å². The van der Waals surface area contributed by atoms with Gasteiger partial charge in [0.25, 0.3) is 0 Å². The molecule has 2 rings (SSSR count). The van der Waals surface area contributed by atoms with Crippen LogP contribution < -0.4 is 4.72 Å². The molecule has 0 saturated carbocycles. The van der Waals surface area contributed by atoms with E-state index < -0.39 is 22.0 Å². The second kappa shape index (κ2) is 6.43. The third kappa shape index (κ3) is 3.62. The molecule has 0 aliphatic heterocycles. The Morgan fingerprint density at radius 3 is 2.41 bits per heavy atom. The van der Waals surface area contributed by atoms with Crippen LogP contribution in [-0.2, 0) is 14.8 Å². The number of carboxylic acids is 1. The number of aryl methyl sites for hydroxylation is 1. The first kappa shape index (κ1) is 16.4. The Morgan fingerprint density at radius 1 is 1.27 bits per heavy atom. The highest BCUT2D eigenvalue weighted by atomic mass is 32.2. The first-order valence-electron chi connectivity index (χ1n) is 6.36. The molecule has 7 heteroatoms. The van der Waals surface area contributed by atoms with Crippen LogP contribution in [0.3, 0.4) is 0 Å². The van der Waals surface area contributed by atoms with Gasteiger partial charge in [0.1, 0.15) is 0 Å². The molecule has 1 aromatic heterocycles. The quantitative estimate of drug-likeness (QED) is 0.794. The lowest BCUT2D eigenvalue weighted by Gasteiger charge is -2.17. The molecule has 0 amide bonds. The van der Waals surface area contributed by atoms with E-state index in [0.29, 0.717) is 4.88 Å². The van der Waals surface area contributed by atoms with Crippen LogP contribution in [0.15, 0.2) is 58.8 Å². The molecule has 1 atom stereocenters. The Kier molecular flexibility index (Phi) is 4.80. The Hall–Kier alpha value is -1.96. The zero-order valence-corrected chi connectivity index (χ0v) is 13.4. The number of nitrogens with one attached hydrogen (secondary N) is 1. The fourth-order valence-corrected chi connectivity index (χ4v) is 3.91. The van der Waals surface area contributed by atoms with Crippen LogP contribution in [0.5, 0.6) is 0 Å². The highest BCUT2D eigenvalue weighted by Crippen LogP contribution is 2.27. The monoisotopic (exact) mass is 337 g/mol. The molecule has 0 bridgehead atoms. The minimum Gasteiger partial charge on any atom is -0.478 e. The van der Waals surface area contributed by atoms with E-state index in [-0.39, 0.29) is 10.5 Å². The molecule has 0 radical (unpaired) electrons. The van der Waals surface area contributed by atoms with E-state index in [1.165, 1.54) is 23.5 Å². The molecule has 0 aliphatic carbocycles. The van der Waals surface area contributed by atoms with Gasteiger partial charge in [0.05, 0.1) is 16.5 Å². The average Bonchev–Trinajstić information content (AvgIpc) is 2.98. The number of carbonyl (C=O) groups is 1. The third-order valence-corrected chi connectivity index (χ3v) is 5.43. The number of aliphatic carboxylic acids is 1. The van der Waals surface area contributed by atoms with E-state index in [4.69, 9.17) is 5.11 Å². The number of carboxylic acid groups (broad SMARTS) is 1. The molecule has 1 heterocycles. The minimum atomic E-state index is -3.85. The first-order valence-corrected chi connectivity index (χ1v) is 8.72. The van der Waals surface area contributed by atoms with Crippen molar-refractivity contribution in [3.05, 3.63) is 64.4 Å². The molecule has 22 heavy (non-hydrogen) atoms. The highest BCUT2D eigenvalue weighted by molar-refractivity contribution is 7.89. The molecule has 116 valence electrons. The van der Waals surface area contributed by atoms with Crippen molar-refractivity contribution in [2.24, 2.45) is 0 Å². The highest BCUT2D eigenvalue weighted by Gasteiger charge is 2.27. The summed E-state index contributed by atoms with van der Waals surface area (Å²) in [6, 6.07) is 8.72. The summed E-state index contributed by atoms with van der Waals surface area (Å²) in [4.78, 5) is 11.8. The predicted octanol–water partition coefficient (Wildman–Crippen LogP) is 2.72. The number of sulfonamides is 1. The van der Waals surface area contributed by atoms with E-state index in [2.05, 4.69) is 11.3 Å². The van der Waals surface area contributed by atoms with Gasteiger partial charge in [-0.15, -0.1) is 11.3 Å². The van der Waals surface area contributed by atoms with Gasteiger partial charge >= 0.3 is 5.97 Å². The van der Waals surface area contributed by atoms with Gasteiger partial charge in [-0.1, -0.05) is 30.3 Å². The number of thiophene rings is 1. The summed E-state index contributed by atoms with van der Waals surface area (Å²) >= 11 is 1.26. The van der Waals surface area contributed by atoms with Gasteiger partial charge < -0.3 is 5.11 Å². The van der Waals surface area contributed by atoms with Gasteiger partial charge in [-0.05, 0) is 30.5 Å². The van der Waals surface area contributed by atoms with E-state index in [1.807, 2.05) is 6.92 Å². The fourth-order valence-electron chi connectivity index (χ4n) is 1.82. The van der Waals surface area contributed by atoms with Crippen molar-refractivity contribution in [3.63, 3.8) is 0 Å². The van der Waals surface area contributed by atoms with Gasteiger partial charge in [0.15, 0.2) is 0 Å². The van der Waals surface area contributed by atoms with Crippen LogP contribution in [0.25, 0.3) is 0 Å². The first-order chi connectivity index (χ1) is 10.3. The lowest BCUT2D eigenvalue weighted by molar-refractivity contribution is -0.132. The summed E-state index contributed by atoms with van der Waals surface area (Å²) in [5, 5.41) is 10.9. The smallest absolute Gasteiger partial charge is 0.332 e. The van der Waals surface area contributed by atoms with Crippen molar-refractivity contribution in [1.82, 2.24) is 4.72 Å². The third-order valence-electron chi connectivity index (χ3n) is 3.06. The van der Waals surface area contributed by atoms with Gasteiger partial charge in [-0.2, -0.15) is 4.72 Å². The lowest BCUT2D eigenvalue weighted by Crippen LogP contribution is -2.31. The largest absolute Gasteiger partial charge is 0.478 e. The molecule has 5 nitrogen and oxygen atoms in total. The van der Waals surface area contributed by atoms with Crippen molar-refractivity contribution >= 4 is 27.3 Å².